The van der Waals surface area contributed by atoms with E-state index in [9.17, 15) is 4.79 Å². The summed E-state index contributed by atoms with van der Waals surface area (Å²) in [6.07, 6.45) is -0.633. The van der Waals surface area contributed by atoms with Crippen LogP contribution in [0.25, 0.3) is 0 Å². The Hall–Kier alpha value is -1.95. The molecule has 0 unspecified atom stereocenters. The minimum absolute atomic E-state index is 0.0425. The van der Waals surface area contributed by atoms with Crippen LogP contribution >= 0.6 is 0 Å². The van der Waals surface area contributed by atoms with Crippen molar-refractivity contribution in [3.8, 4) is 11.5 Å². The second kappa shape index (κ2) is 6.59. The quantitative estimate of drug-likeness (QED) is 0.811. The number of carbonyl (C=O) groups excluding carboxylic acids is 1. The number of methoxy groups -OCH3 is 2. The smallest absolute Gasteiger partial charge is 0.411 e. The number of amides is 1. The van der Waals surface area contributed by atoms with Crippen LogP contribution in [-0.2, 0) is 4.74 Å². The standard InChI is InChI=1S/C11H15NO5/c1-15-9-4-3-8(7-10(9)16-2)12-11(14)17-6-5-13/h3-4,7,13H,5-6H2,1-2H3,(H,12,14). The molecule has 1 amide bonds. The van der Waals surface area contributed by atoms with E-state index in [2.05, 4.69) is 10.1 Å². The summed E-state index contributed by atoms with van der Waals surface area (Å²) in [6, 6.07) is 4.93. The Morgan fingerprint density at radius 2 is 2.00 bits per heavy atom. The van der Waals surface area contributed by atoms with Crippen molar-refractivity contribution in [1.82, 2.24) is 0 Å². The summed E-state index contributed by atoms with van der Waals surface area (Å²) in [6.45, 7) is -0.252. The highest BCUT2D eigenvalue weighted by molar-refractivity contribution is 5.85. The van der Waals surface area contributed by atoms with Crippen molar-refractivity contribution in [2.45, 2.75) is 0 Å². The minimum Gasteiger partial charge on any atom is -0.493 e. The van der Waals surface area contributed by atoms with Crippen molar-refractivity contribution < 1.29 is 24.1 Å². The van der Waals surface area contributed by atoms with Crippen molar-refractivity contribution in [1.29, 1.82) is 0 Å². The topological polar surface area (TPSA) is 77.0 Å². The molecule has 0 saturated heterocycles. The molecule has 0 aliphatic rings. The van der Waals surface area contributed by atoms with Crippen LogP contribution in [0.5, 0.6) is 11.5 Å². The van der Waals surface area contributed by atoms with Crippen LogP contribution in [0.3, 0.4) is 0 Å². The molecular weight excluding hydrogens is 226 g/mol. The molecule has 6 nitrogen and oxygen atoms in total. The maximum atomic E-state index is 11.2. The summed E-state index contributed by atoms with van der Waals surface area (Å²) in [4.78, 5) is 11.2. The Balaban J connectivity index is 2.68. The van der Waals surface area contributed by atoms with E-state index in [0.29, 0.717) is 17.2 Å². The average molecular weight is 241 g/mol. The van der Waals surface area contributed by atoms with E-state index >= 15 is 0 Å². The van der Waals surface area contributed by atoms with E-state index in [1.165, 1.54) is 14.2 Å². The van der Waals surface area contributed by atoms with E-state index in [1.54, 1.807) is 18.2 Å². The van der Waals surface area contributed by atoms with Crippen LogP contribution in [0.4, 0.5) is 10.5 Å². The second-order valence-corrected chi connectivity index (χ2v) is 3.05. The van der Waals surface area contributed by atoms with Crippen LogP contribution in [0.1, 0.15) is 0 Å². The van der Waals surface area contributed by atoms with Crippen molar-refractivity contribution in [3.05, 3.63) is 18.2 Å². The number of hydrogen-bond donors (Lipinski definition) is 2. The molecule has 0 bridgehead atoms. The van der Waals surface area contributed by atoms with E-state index in [1.807, 2.05) is 0 Å². The van der Waals surface area contributed by atoms with Gasteiger partial charge in [0.25, 0.3) is 0 Å². The Morgan fingerprint density at radius 1 is 1.29 bits per heavy atom. The third-order valence-electron chi connectivity index (χ3n) is 1.95. The van der Waals surface area contributed by atoms with E-state index < -0.39 is 6.09 Å². The first kappa shape index (κ1) is 13.1. The summed E-state index contributed by atoms with van der Waals surface area (Å²) >= 11 is 0. The van der Waals surface area contributed by atoms with Gasteiger partial charge in [-0.25, -0.2) is 4.79 Å². The monoisotopic (exact) mass is 241 g/mol. The Labute approximate surface area is 99.1 Å². The van der Waals surface area contributed by atoms with Gasteiger partial charge in [-0.1, -0.05) is 0 Å². The van der Waals surface area contributed by atoms with Crippen LogP contribution in [0.15, 0.2) is 18.2 Å². The first-order valence-corrected chi connectivity index (χ1v) is 4.98. The molecule has 0 saturated carbocycles. The van der Waals surface area contributed by atoms with Gasteiger partial charge in [0.05, 0.1) is 20.8 Å². The lowest BCUT2D eigenvalue weighted by Gasteiger charge is -2.10. The highest BCUT2D eigenvalue weighted by atomic mass is 16.6. The lowest BCUT2D eigenvalue weighted by atomic mass is 10.3. The molecule has 0 aliphatic heterocycles. The molecule has 0 radical (unpaired) electrons. The van der Waals surface area contributed by atoms with Gasteiger partial charge in [0.1, 0.15) is 6.61 Å². The Morgan fingerprint density at radius 3 is 2.59 bits per heavy atom. The summed E-state index contributed by atoms with van der Waals surface area (Å²) in [5, 5.41) is 11.0. The molecule has 2 N–H and O–H groups in total. The molecule has 1 aromatic carbocycles. The average Bonchev–Trinajstić information content (AvgIpc) is 2.36. The van der Waals surface area contributed by atoms with Gasteiger partial charge in [-0.05, 0) is 12.1 Å². The van der Waals surface area contributed by atoms with Gasteiger partial charge in [0.15, 0.2) is 11.5 Å². The number of nitrogens with one attached hydrogen (secondary N) is 1. The summed E-state index contributed by atoms with van der Waals surface area (Å²) < 4.78 is 14.8. The van der Waals surface area contributed by atoms with Gasteiger partial charge < -0.3 is 19.3 Å². The van der Waals surface area contributed by atoms with Gasteiger partial charge in [-0.2, -0.15) is 0 Å². The maximum Gasteiger partial charge on any atom is 0.411 e. The highest BCUT2D eigenvalue weighted by Gasteiger charge is 2.07. The number of rotatable bonds is 5. The van der Waals surface area contributed by atoms with Crippen molar-refractivity contribution in [3.63, 3.8) is 0 Å². The first-order chi connectivity index (χ1) is 8.21. The zero-order valence-corrected chi connectivity index (χ0v) is 9.73. The predicted octanol–water partition coefficient (Wildman–Crippen LogP) is 1.24. The first-order valence-electron chi connectivity index (χ1n) is 4.98. The number of benzene rings is 1. The predicted molar refractivity (Wildman–Crippen MR) is 61.6 cm³/mol. The molecule has 1 aromatic rings. The molecule has 1 rings (SSSR count). The van der Waals surface area contributed by atoms with Gasteiger partial charge in [-0.3, -0.25) is 5.32 Å². The van der Waals surface area contributed by atoms with Crippen LogP contribution in [0, 0.1) is 0 Å². The highest BCUT2D eigenvalue weighted by Crippen LogP contribution is 2.29. The number of aliphatic hydroxyl groups is 1. The maximum absolute atomic E-state index is 11.2. The molecule has 0 spiro atoms. The molecule has 94 valence electrons. The summed E-state index contributed by atoms with van der Waals surface area (Å²) in [5.41, 5.74) is 0.519. The third kappa shape index (κ3) is 3.84. The summed E-state index contributed by atoms with van der Waals surface area (Å²) in [5.74, 6) is 1.08. The fraction of sp³-hybridized carbons (Fsp3) is 0.364. The van der Waals surface area contributed by atoms with Gasteiger partial charge in [0.2, 0.25) is 0 Å². The summed E-state index contributed by atoms with van der Waals surface area (Å²) in [7, 11) is 3.03. The number of hydrogen-bond acceptors (Lipinski definition) is 5. The fourth-order valence-electron chi connectivity index (χ4n) is 1.21. The van der Waals surface area contributed by atoms with Gasteiger partial charge >= 0.3 is 6.09 Å². The molecule has 0 aromatic heterocycles. The van der Waals surface area contributed by atoms with Gasteiger partial charge in [0, 0.05) is 11.8 Å². The molecule has 17 heavy (non-hydrogen) atoms. The lowest BCUT2D eigenvalue weighted by molar-refractivity contribution is 0.131. The van der Waals surface area contributed by atoms with E-state index in [4.69, 9.17) is 14.6 Å². The molecule has 0 heterocycles. The van der Waals surface area contributed by atoms with E-state index in [0.717, 1.165) is 0 Å². The molecular formula is C11H15NO5. The zero-order valence-electron chi connectivity index (χ0n) is 9.73. The van der Waals surface area contributed by atoms with Crippen LogP contribution in [0.2, 0.25) is 0 Å². The number of aliphatic hydroxyl groups excluding tert-OH is 1. The number of carbonyl (C=O) groups is 1. The molecule has 0 aliphatic carbocycles. The van der Waals surface area contributed by atoms with Crippen LogP contribution < -0.4 is 14.8 Å². The fourth-order valence-corrected chi connectivity index (χ4v) is 1.21. The zero-order chi connectivity index (χ0) is 12.7. The van der Waals surface area contributed by atoms with Gasteiger partial charge in [-0.15, -0.1) is 0 Å². The molecule has 6 heteroatoms. The number of ether oxygens (including phenoxy) is 3. The molecule has 0 atom stereocenters. The second-order valence-electron chi connectivity index (χ2n) is 3.05. The van der Waals surface area contributed by atoms with Crippen molar-refractivity contribution >= 4 is 11.8 Å². The van der Waals surface area contributed by atoms with E-state index in [-0.39, 0.29) is 13.2 Å². The lowest BCUT2D eigenvalue weighted by Crippen LogP contribution is -2.15. The van der Waals surface area contributed by atoms with Crippen LogP contribution in [-0.4, -0.2) is 38.6 Å². The number of anilines is 1. The SMILES string of the molecule is COc1ccc(NC(=O)OCCO)cc1OC. The minimum atomic E-state index is -0.633. The molecule has 0 fully saturated rings. The largest absolute Gasteiger partial charge is 0.493 e. The third-order valence-corrected chi connectivity index (χ3v) is 1.95. The normalized spacial score (nSPS) is 9.59. The Bertz CT molecular complexity index is 380. The Kier molecular flexibility index (Phi) is 5.09. The van der Waals surface area contributed by atoms with Crippen molar-refractivity contribution in [2.75, 3.05) is 32.8 Å². The van der Waals surface area contributed by atoms with Crippen molar-refractivity contribution in [2.24, 2.45) is 0 Å².